The first-order valence-corrected chi connectivity index (χ1v) is 14.9. The second-order valence-electron chi connectivity index (χ2n) is 10.8. The summed E-state index contributed by atoms with van der Waals surface area (Å²) >= 11 is 0. The molecule has 4 aromatic carbocycles. The van der Waals surface area contributed by atoms with Gasteiger partial charge in [0.1, 0.15) is 12.2 Å². The van der Waals surface area contributed by atoms with Crippen molar-refractivity contribution in [1.29, 1.82) is 0 Å². The maximum Gasteiger partial charge on any atom is 0.303 e. The van der Waals surface area contributed by atoms with Crippen molar-refractivity contribution in [3.8, 4) is 0 Å². The Bertz CT molecular complexity index is 1430. The minimum atomic E-state index is -1.20. The standard InChI is InChI=1S/C37H38O7/c1-27(38)44-35-33(39)32(26-40-22-28-14-6-2-7-15-28)34(41-23-29-16-8-3-9-17-29)36(42-24-30-18-10-4-11-19-30)37(35)43-25-31-20-12-5-13-21-31/h2-21,32,34-37H,22-26H2,1H3/t32-,34+,35+,36-,37-/m0/s1. The molecule has 0 saturated heterocycles. The van der Waals surface area contributed by atoms with E-state index in [4.69, 9.17) is 23.7 Å². The van der Waals surface area contributed by atoms with Gasteiger partial charge in [-0.1, -0.05) is 121 Å². The number of ether oxygens (including phenoxy) is 5. The summed E-state index contributed by atoms with van der Waals surface area (Å²) in [6.45, 7) is 2.37. The van der Waals surface area contributed by atoms with Crippen molar-refractivity contribution in [3.63, 3.8) is 0 Å². The molecule has 0 unspecified atom stereocenters. The van der Waals surface area contributed by atoms with Gasteiger partial charge in [-0.3, -0.25) is 9.59 Å². The molecule has 228 valence electrons. The van der Waals surface area contributed by atoms with Gasteiger partial charge in [-0.25, -0.2) is 0 Å². The topological polar surface area (TPSA) is 80.3 Å². The molecule has 0 spiro atoms. The summed E-state index contributed by atoms with van der Waals surface area (Å²) in [7, 11) is 0. The summed E-state index contributed by atoms with van der Waals surface area (Å²) in [5, 5.41) is 0. The molecular formula is C37H38O7. The van der Waals surface area contributed by atoms with E-state index in [9.17, 15) is 9.59 Å². The number of hydrogen-bond acceptors (Lipinski definition) is 7. The van der Waals surface area contributed by atoms with Crippen LogP contribution in [0.3, 0.4) is 0 Å². The van der Waals surface area contributed by atoms with E-state index in [1.54, 1.807) is 0 Å². The van der Waals surface area contributed by atoms with E-state index in [1.807, 2.05) is 121 Å². The lowest BCUT2D eigenvalue weighted by Crippen LogP contribution is -2.63. The molecule has 7 heteroatoms. The molecule has 0 N–H and O–H groups in total. The zero-order valence-electron chi connectivity index (χ0n) is 24.8. The van der Waals surface area contributed by atoms with Crippen molar-refractivity contribution in [3.05, 3.63) is 144 Å². The predicted molar refractivity (Wildman–Crippen MR) is 165 cm³/mol. The first-order valence-electron chi connectivity index (χ1n) is 14.9. The van der Waals surface area contributed by atoms with Crippen LogP contribution in [0.25, 0.3) is 0 Å². The van der Waals surface area contributed by atoms with Gasteiger partial charge in [-0.15, -0.1) is 0 Å². The quantitative estimate of drug-likeness (QED) is 0.164. The van der Waals surface area contributed by atoms with Gasteiger partial charge in [-0.2, -0.15) is 0 Å². The van der Waals surface area contributed by atoms with Gasteiger partial charge in [0.2, 0.25) is 0 Å². The smallest absolute Gasteiger partial charge is 0.303 e. The lowest BCUT2D eigenvalue weighted by Gasteiger charge is -2.44. The number of carbonyl (C=O) groups is 2. The average Bonchev–Trinajstić information content (AvgIpc) is 3.06. The Balaban J connectivity index is 1.46. The fourth-order valence-corrected chi connectivity index (χ4v) is 5.36. The molecule has 1 fully saturated rings. The maximum atomic E-state index is 14.2. The van der Waals surface area contributed by atoms with E-state index in [2.05, 4.69) is 0 Å². The minimum absolute atomic E-state index is 0.0571. The fraction of sp³-hybridized carbons (Fsp3) is 0.297. The van der Waals surface area contributed by atoms with Crippen LogP contribution in [0.1, 0.15) is 29.2 Å². The van der Waals surface area contributed by atoms with Crippen molar-refractivity contribution in [1.82, 2.24) is 0 Å². The highest BCUT2D eigenvalue weighted by atomic mass is 16.6. The zero-order valence-corrected chi connectivity index (χ0v) is 24.8. The number of benzene rings is 4. The molecule has 7 nitrogen and oxygen atoms in total. The highest BCUT2D eigenvalue weighted by Gasteiger charge is 2.54. The van der Waals surface area contributed by atoms with Gasteiger partial charge < -0.3 is 23.7 Å². The van der Waals surface area contributed by atoms with E-state index < -0.39 is 36.3 Å². The van der Waals surface area contributed by atoms with E-state index in [-0.39, 0.29) is 32.2 Å². The Morgan fingerprint density at radius 1 is 0.545 bits per heavy atom. The van der Waals surface area contributed by atoms with Crippen LogP contribution in [0, 0.1) is 5.92 Å². The van der Waals surface area contributed by atoms with Gasteiger partial charge in [-0.05, 0) is 22.3 Å². The summed E-state index contributed by atoms with van der Waals surface area (Å²) in [5.41, 5.74) is 3.80. The Labute approximate surface area is 258 Å². The molecule has 1 aliphatic rings. The van der Waals surface area contributed by atoms with E-state index in [1.165, 1.54) is 6.92 Å². The minimum Gasteiger partial charge on any atom is -0.452 e. The van der Waals surface area contributed by atoms with Crippen LogP contribution < -0.4 is 0 Å². The molecule has 0 heterocycles. The predicted octanol–water partition coefficient (Wildman–Crippen LogP) is 6.09. The molecule has 5 atom stereocenters. The second kappa shape index (κ2) is 16.1. The van der Waals surface area contributed by atoms with Gasteiger partial charge >= 0.3 is 5.97 Å². The second-order valence-corrected chi connectivity index (χ2v) is 10.8. The lowest BCUT2D eigenvalue weighted by molar-refractivity contribution is -0.224. The molecule has 1 saturated carbocycles. The van der Waals surface area contributed by atoms with Crippen molar-refractivity contribution in [2.75, 3.05) is 6.61 Å². The number of rotatable bonds is 14. The van der Waals surface area contributed by atoms with Crippen LogP contribution in [0.2, 0.25) is 0 Å². The largest absolute Gasteiger partial charge is 0.452 e. The first kappa shape index (κ1) is 31.3. The number of esters is 1. The Morgan fingerprint density at radius 2 is 0.932 bits per heavy atom. The highest BCUT2D eigenvalue weighted by Crippen LogP contribution is 2.34. The number of Topliss-reactive ketones (excluding diaryl/α,β-unsaturated/α-hetero) is 1. The number of carbonyl (C=O) groups excluding carboxylic acids is 2. The lowest BCUT2D eigenvalue weighted by atomic mass is 9.79. The summed E-state index contributed by atoms with van der Waals surface area (Å²) in [4.78, 5) is 26.5. The third kappa shape index (κ3) is 8.71. The monoisotopic (exact) mass is 594 g/mol. The van der Waals surface area contributed by atoms with Crippen LogP contribution in [0.5, 0.6) is 0 Å². The summed E-state index contributed by atoms with van der Waals surface area (Å²) in [6, 6.07) is 38.9. The Kier molecular flexibility index (Phi) is 11.4. The zero-order chi connectivity index (χ0) is 30.6. The van der Waals surface area contributed by atoms with Crippen LogP contribution in [0.15, 0.2) is 121 Å². The van der Waals surface area contributed by atoms with Gasteiger partial charge in [0.15, 0.2) is 11.9 Å². The maximum absolute atomic E-state index is 14.2. The Hall–Kier alpha value is -4.14. The van der Waals surface area contributed by atoms with Gasteiger partial charge in [0.25, 0.3) is 0 Å². The van der Waals surface area contributed by atoms with Crippen molar-refractivity contribution < 1.29 is 33.3 Å². The molecule has 44 heavy (non-hydrogen) atoms. The summed E-state index contributed by atoms with van der Waals surface area (Å²) < 4.78 is 31.3. The number of ketones is 1. The number of hydrogen-bond donors (Lipinski definition) is 0. The molecule has 0 aromatic heterocycles. The van der Waals surface area contributed by atoms with Crippen molar-refractivity contribution >= 4 is 11.8 Å². The van der Waals surface area contributed by atoms with E-state index in [0.29, 0.717) is 6.61 Å². The third-order valence-corrected chi connectivity index (χ3v) is 7.55. The molecule has 4 aromatic rings. The highest BCUT2D eigenvalue weighted by molar-refractivity contribution is 5.89. The first-order chi connectivity index (χ1) is 21.6. The van der Waals surface area contributed by atoms with E-state index >= 15 is 0 Å². The van der Waals surface area contributed by atoms with Gasteiger partial charge in [0, 0.05) is 6.92 Å². The molecule has 0 radical (unpaired) electrons. The van der Waals surface area contributed by atoms with Crippen LogP contribution in [-0.4, -0.2) is 42.8 Å². The van der Waals surface area contributed by atoms with Crippen LogP contribution >= 0.6 is 0 Å². The third-order valence-electron chi connectivity index (χ3n) is 7.55. The van der Waals surface area contributed by atoms with Gasteiger partial charge in [0.05, 0.1) is 45.1 Å². The molecule has 0 aliphatic heterocycles. The van der Waals surface area contributed by atoms with Crippen molar-refractivity contribution in [2.45, 2.75) is 57.8 Å². The molecule has 0 bridgehead atoms. The normalized spacial score (nSPS) is 21.6. The summed E-state index contributed by atoms with van der Waals surface area (Å²) in [6.07, 6.45) is -3.61. The summed E-state index contributed by atoms with van der Waals surface area (Å²) in [5.74, 6) is -1.67. The van der Waals surface area contributed by atoms with Crippen LogP contribution in [-0.2, 0) is 59.7 Å². The molecule has 5 rings (SSSR count). The van der Waals surface area contributed by atoms with Crippen LogP contribution in [0.4, 0.5) is 0 Å². The molecular weight excluding hydrogens is 556 g/mol. The molecule has 1 aliphatic carbocycles. The van der Waals surface area contributed by atoms with E-state index in [0.717, 1.165) is 22.3 Å². The van der Waals surface area contributed by atoms with Crippen molar-refractivity contribution in [2.24, 2.45) is 5.92 Å². The SMILES string of the molecule is CC(=O)O[C@@H]1C(=O)[C@H](COCc2ccccc2)[C@@H](OCc2ccccc2)[C@H](OCc2ccccc2)[C@H]1OCc1ccccc1. The molecule has 0 amide bonds. The average molecular weight is 595 g/mol. The Morgan fingerprint density at radius 3 is 1.36 bits per heavy atom. The fourth-order valence-electron chi connectivity index (χ4n) is 5.36.